The van der Waals surface area contributed by atoms with E-state index in [1.165, 1.54) is 33.4 Å². The van der Waals surface area contributed by atoms with Crippen LogP contribution in [0, 0.1) is 0 Å². The minimum absolute atomic E-state index is 0.609. The number of rotatable bonds is 6. The number of hydrogen-bond donors (Lipinski definition) is 0. The summed E-state index contributed by atoms with van der Waals surface area (Å²) in [5.41, 5.74) is 7.94. The summed E-state index contributed by atoms with van der Waals surface area (Å²) in [6.07, 6.45) is 7.54. The highest BCUT2D eigenvalue weighted by Crippen LogP contribution is 2.44. The van der Waals surface area contributed by atoms with Crippen molar-refractivity contribution in [2.75, 3.05) is 13.2 Å². The number of benzene rings is 1. The molecule has 0 atom stereocenters. The highest BCUT2D eigenvalue weighted by Gasteiger charge is 2.25. The molecule has 132 valence electrons. The lowest BCUT2D eigenvalue weighted by Crippen LogP contribution is -2.27. The minimum Gasteiger partial charge on any atom is -0.491 e. The molecule has 0 amide bonds. The Bertz CT molecular complexity index is 784. The van der Waals surface area contributed by atoms with Crippen LogP contribution in [-0.2, 0) is 9.16 Å². The van der Waals surface area contributed by atoms with Crippen LogP contribution in [0.4, 0.5) is 0 Å². The maximum Gasteiger partial charge on any atom is 0.183 e. The van der Waals surface area contributed by atoms with E-state index in [9.17, 15) is 0 Å². The molecule has 2 aliphatic carbocycles. The van der Waals surface area contributed by atoms with Gasteiger partial charge in [-0.05, 0) is 74.3 Å². The van der Waals surface area contributed by atoms with Crippen molar-refractivity contribution in [3.63, 3.8) is 0 Å². The zero-order chi connectivity index (χ0) is 18.0. The zero-order valence-electron chi connectivity index (χ0n) is 16.0. The van der Waals surface area contributed by atoms with Crippen molar-refractivity contribution in [2.45, 2.75) is 39.9 Å². The Morgan fingerprint density at radius 2 is 1.84 bits per heavy atom. The van der Waals surface area contributed by atoms with E-state index in [4.69, 9.17) is 9.16 Å². The van der Waals surface area contributed by atoms with Gasteiger partial charge in [0.2, 0.25) is 0 Å². The second kappa shape index (κ2) is 7.18. The van der Waals surface area contributed by atoms with E-state index in [0.29, 0.717) is 13.2 Å². The Morgan fingerprint density at radius 1 is 1.08 bits per heavy atom. The Hall–Kier alpha value is -1.84. The Balaban J connectivity index is 1.82. The van der Waals surface area contributed by atoms with E-state index in [1.54, 1.807) is 0 Å². The topological polar surface area (TPSA) is 18.5 Å². The fraction of sp³-hybridized carbons (Fsp3) is 0.364. The molecule has 0 aliphatic heterocycles. The number of hydrogen-bond acceptors (Lipinski definition) is 2. The predicted molar refractivity (Wildman–Crippen MR) is 109 cm³/mol. The van der Waals surface area contributed by atoms with Gasteiger partial charge < -0.3 is 9.16 Å². The maximum atomic E-state index is 6.08. The van der Waals surface area contributed by atoms with Gasteiger partial charge in [-0.2, -0.15) is 0 Å². The standard InChI is InChI=1S/C22H28O2Si/c1-16(2)22-18-10-7-6-9-17(18)15-20(22)19-11-8-12-21(19)23-13-14-24-25(3,4)5/h6-10,12,15H,11,13-14H2,1-5H3. The van der Waals surface area contributed by atoms with Crippen molar-refractivity contribution in [1.29, 1.82) is 0 Å². The fourth-order valence-corrected chi connectivity index (χ4v) is 4.06. The molecule has 1 aromatic carbocycles. The first-order valence-electron chi connectivity index (χ1n) is 9.02. The summed E-state index contributed by atoms with van der Waals surface area (Å²) < 4.78 is 12.0. The van der Waals surface area contributed by atoms with Gasteiger partial charge in [-0.25, -0.2) is 0 Å². The molecule has 0 unspecified atom stereocenters. The molecule has 0 aromatic heterocycles. The van der Waals surface area contributed by atoms with Crippen LogP contribution in [0.2, 0.25) is 19.6 Å². The second-order valence-electron chi connectivity index (χ2n) is 7.78. The van der Waals surface area contributed by atoms with Gasteiger partial charge in [-0.3, -0.25) is 0 Å². The van der Waals surface area contributed by atoms with Crippen LogP contribution in [0.25, 0.3) is 11.6 Å². The SMILES string of the molecule is CC(C)=C1C(C2=C(OCCO[Si](C)(C)C)C=CC2)=Cc2ccccc21. The highest BCUT2D eigenvalue weighted by molar-refractivity contribution is 6.69. The van der Waals surface area contributed by atoms with E-state index in [-0.39, 0.29) is 0 Å². The molecular weight excluding hydrogens is 324 g/mol. The summed E-state index contributed by atoms with van der Waals surface area (Å²) in [7, 11) is -1.48. The summed E-state index contributed by atoms with van der Waals surface area (Å²) >= 11 is 0. The van der Waals surface area contributed by atoms with Crippen molar-refractivity contribution in [3.8, 4) is 0 Å². The predicted octanol–water partition coefficient (Wildman–Crippen LogP) is 5.96. The molecule has 0 N–H and O–H groups in total. The van der Waals surface area contributed by atoms with E-state index >= 15 is 0 Å². The van der Waals surface area contributed by atoms with E-state index in [2.05, 4.69) is 76.0 Å². The molecule has 0 spiro atoms. The van der Waals surface area contributed by atoms with Gasteiger partial charge in [0.25, 0.3) is 0 Å². The van der Waals surface area contributed by atoms with Crippen LogP contribution in [0.15, 0.2) is 58.9 Å². The van der Waals surface area contributed by atoms with Gasteiger partial charge >= 0.3 is 0 Å². The van der Waals surface area contributed by atoms with Gasteiger partial charge in [-0.1, -0.05) is 35.9 Å². The first-order chi connectivity index (χ1) is 11.9. The largest absolute Gasteiger partial charge is 0.491 e. The third kappa shape index (κ3) is 4.05. The van der Waals surface area contributed by atoms with Crippen LogP contribution >= 0.6 is 0 Å². The average molecular weight is 353 g/mol. The van der Waals surface area contributed by atoms with Crippen molar-refractivity contribution in [2.24, 2.45) is 0 Å². The molecule has 2 nitrogen and oxygen atoms in total. The second-order valence-corrected chi connectivity index (χ2v) is 12.3. The van der Waals surface area contributed by atoms with Crippen LogP contribution in [-0.4, -0.2) is 21.5 Å². The first-order valence-corrected chi connectivity index (χ1v) is 12.4. The Labute approximate surface area is 152 Å². The fourth-order valence-electron chi connectivity index (χ4n) is 3.36. The molecule has 0 radical (unpaired) electrons. The Morgan fingerprint density at radius 3 is 2.56 bits per heavy atom. The monoisotopic (exact) mass is 352 g/mol. The van der Waals surface area contributed by atoms with Gasteiger partial charge in [0.05, 0.1) is 6.61 Å². The van der Waals surface area contributed by atoms with E-state index in [0.717, 1.165) is 12.2 Å². The summed E-state index contributed by atoms with van der Waals surface area (Å²) in [4.78, 5) is 0. The van der Waals surface area contributed by atoms with Gasteiger partial charge in [0.1, 0.15) is 12.4 Å². The lowest BCUT2D eigenvalue weighted by atomic mass is 9.93. The molecule has 3 heteroatoms. The Kier molecular flexibility index (Phi) is 5.16. The molecule has 1 aromatic rings. The highest BCUT2D eigenvalue weighted by atomic mass is 28.4. The summed E-state index contributed by atoms with van der Waals surface area (Å²) in [5, 5.41) is 0. The summed E-state index contributed by atoms with van der Waals surface area (Å²) in [6.45, 7) is 12.3. The quantitative estimate of drug-likeness (QED) is 0.464. The number of fused-ring (bicyclic) bond motifs is 1. The lowest BCUT2D eigenvalue weighted by Gasteiger charge is -2.18. The van der Waals surface area contributed by atoms with Crippen LogP contribution in [0.5, 0.6) is 0 Å². The molecule has 0 saturated carbocycles. The third-order valence-corrected chi connectivity index (χ3v) is 5.46. The lowest BCUT2D eigenvalue weighted by molar-refractivity contribution is 0.160. The summed E-state index contributed by atoms with van der Waals surface area (Å²) in [6, 6.07) is 8.63. The molecular formula is C22H28O2Si. The zero-order valence-corrected chi connectivity index (χ0v) is 17.0. The number of allylic oxidation sites excluding steroid dienone is 6. The smallest absolute Gasteiger partial charge is 0.183 e. The third-order valence-electron chi connectivity index (χ3n) is 4.39. The van der Waals surface area contributed by atoms with Crippen LogP contribution < -0.4 is 0 Å². The van der Waals surface area contributed by atoms with Gasteiger partial charge in [0, 0.05) is 5.57 Å². The van der Waals surface area contributed by atoms with Crippen molar-refractivity contribution in [3.05, 3.63) is 70.0 Å². The molecule has 25 heavy (non-hydrogen) atoms. The first kappa shape index (κ1) is 18.0. The van der Waals surface area contributed by atoms with Crippen molar-refractivity contribution in [1.82, 2.24) is 0 Å². The molecule has 0 bridgehead atoms. The van der Waals surface area contributed by atoms with Gasteiger partial charge in [0.15, 0.2) is 8.32 Å². The van der Waals surface area contributed by atoms with E-state index in [1.807, 2.05) is 0 Å². The van der Waals surface area contributed by atoms with Crippen molar-refractivity contribution >= 4 is 20.0 Å². The van der Waals surface area contributed by atoms with E-state index < -0.39 is 8.32 Å². The van der Waals surface area contributed by atoms with Crippen LogP contribution in [0.3, 0.4) is 0 Å². The molecule has 0 saturated heterocycles. The summed E-state index contributed by atoms with van der Waals surface area (Å²) in [5.74, 6) is 0.997. The van der Waals surface area contributed by atoms with Crippen LogP contribution in [0.1, 0.15) is 31.4 Å². The minimum atomic E-state index is -1.48. The maximum absolute atomic E-state index is 6.08. The molecule has 0 heterocycles. The number of ether oxygens (including phenoxy) is 1. The normalized spacial score (nSPS) is 16.4. The average Bonchev–Trinajstić information content (AvgIpc) is 3.14. The van der Waals surface area contributed by atoms with Crippen molar-refractivity contribution < 1.29 is 9.16 Å². The molecule has 3 rings (SSSR count). The van der Waals surface area contributed by atoms with Gasteiger partial charge in [-0.15, -0.1) is 0 Å². The molecule has 2 aliphatic rings. The molecule has 0 fully saturated rings.